The SMILES string of the molecule is c1ccc(-c2ccc(-c3ccc(-c4ccc5cc6c(cc5c4)C4(c5ccccc5-c5ccccc54)c4cc5ccccc5cc4-6)cc3)nn2)cc1. The van der Waals surface area contributed by atoms with Crippen molar-refractivity contribution in [3.63, 3.8) is 0 Å². The van der Waals surface area contributed by atoms with Gasteiger partial charge in [-0.15, -0.1) is 10.2 Å². The van der Waals surface area contributed by atoms with Crippen LogP contribution < -0.4 is 0 Å². The minimum Gasteiger partial charge on any atom is -0.150 e. The molecule has 1 spiro atoms. The van der Waals surface area contributed by atoms with E-state index in [2.05, 4.69) is 168 Å². The lowest BCUT2D eigenvalue weighted by Gasteiger charge is -2.30. The van der Waals surface area contributed by atoms with Crippen LogP contribution in [0.5, 0.6) is 0 Å². The van der Waals surface area contributed by atoms with Gasteiger partial charge >= 0.3 is 0 Å². The van der Waals surface area contributed by atoms with Crippen molar-refractivity contribution in [2.24, 2.45) is 0 Å². The molecule has 0 N–H and O–H groups in total. The second kappa shape index (κ2) is 10.7. The number of aromatic nitrogens is 2. The van der Waals surface area contributed by atoms with Crippen LogP contribution in [-0.2, 0) is 5.41 Å². The number of fused-ring (bicyclic) bond motifs is 12. The average Bonchev–Trinajstić information content (AvgIpc) is 3.65. The largest absolute Gasteiger partial charge is 0.150 e. The first kappa shape index (κ1) is 28.2. The van der Waals surface area contributed by atoms with Gasteiger partial charge in [-0.25, -0.2) is 0 Å². The summed E-state index contributed by atoms with van der Waals surface area (Å²) in [5.41, 5.74) is 16.6. The highest BCUT2D eigenvalue weighted by atomic mass is 15.1. The van der Waals surface area contributed by atoms with E-state index in [1.54, 1.807) is 0 Å². The molecular formula is C49H30N2. The summed E-state index contributed by atoms with van der Waals surface area (Å²) < 4.78 is 0. The predicted molar refractivity (Wildman–Crippen MR) is 210 cm³/mol. The van der Waals surface area contributed by atoms with Gasteiger partial charge in [0.15, 0.2) is 0 Å². The van der Waals surface area contributed by atoms with Gasteiger partial charge in [0, 0.05) is 11.1 Å². The summed E-state index contributed by atoms with van der Waals surface area (Å²) >= 11 is 0. The summed E-state index contributed by atoms with van der Waals surface area (Å²) in [6.45, 7) is 0. The lowest BCUT2D eigenvalue weighted by atomic mass is 9.70. The van der Waals surface area contributed by atoms with Crippen LogP contribution >= 0.6 is 0 Å². The zero-order chi connectivity index (χ0) is 33.5. The quantitative estimate of drug-likeness (QED) is 0.191. The van der Waals surface area contributed by atoms with Crippen LogP contribution in [0.25, 0.3) is 77.4 Å². The number of benzene rings is 8. The Bertz CT molecular complexity index is 2790. The van der Waals surface area contributed by atoms with Gasteiger partial charge in [0.1, 0.15) is 0 Å². The second-order valence-corrected chi connectivity index (χ2v) is 13.8. The van der Waals surface area contributed by atoms with Crippen LogP contribution in [0.3, 0.4) is 0 Å². The van der Waals surface area contributed by atoms with E-state index in [4.69, 9.17) is 0 Å². The lowest BCUT2D eigenvalue weighted by molar-refractivity contribution is 0.796. The number of nitrogens with zero attached hydrogens (tertiary/aromatic N) is 2. The minimum absolute atomic E-state index is 0.384. The van der Waals surface area contributed by atoms with Crippen molar-refractivity contribution in [1.29, 1.82) is 0 Å². The van der Waals surface area contributed by atoms with Crippen LogP contribution in [-0.4, -0.2) is 10.2 Å². The molecule has 9 aromatic rings. The molecule has 2 aliphatic carbocycles. The van der Waals surface area contributed by atoms with Gasteiger partial charge < -0.3 is 0 Å². The van der Waals surface area contributed by atoms with Crippen molar-refractivity contribution in [3.05, 3.63) is 204 Å². The average molecular weight is 647 g/mol. The van der Waals surface area contributed by atoms with E-state index in [0.717, 1.165) is 22.5 Å². The van der Waals surface area contributed by atoms with E-state index in [9.17, 15) is 0 Å². The first-order valence-corrected chi connectivity index (χ1v) is 17.6. The predicted octanol–water partition coefficient (Wildman–Crippen LogP) is 12.1. The van der Waals surface area contributed by atoms with Gasteiger partial charge in [0.05, 0.1) is 16.8 Å². The summed E-state index contributed by atoms with van der Waals surface area (Å²) in [6, 6.07) is 66.5. The molecule has 0 bridgehead atoms. The molecule has 0 aliphatic heterocycles. The van der Waals surface area contributed by atoms with E-state index >= 15 is 0 Å². The summed E-state index contributed by atoms with van der Waals surface area (Å²) in [5.74, 6) is 0. The number of rotatable bonds is 3. The topological polar surface area (TPSA) is 25.8 Å². The standard InChI is InChI=1S/C49H30N2/c1-2-10-32(11-3-1)47-24-25-48(51-50-47)33-20-18-31(19-21-33)36-22-23-37-28-42-41-27-34-12-4-5-13-35(34)29-45(41)49(46(42)30-38(37)26-36)43-16-8-6-14-39(43)40-15-7-9-17-44(40)49/h1-30H. The van der Waals surface area contributed by atoms with Crippen LogP contribution in [0, 0.1) is 0 Å². The molecule has 0 fully saturated rings. The van der Waals surface area contributed by atoms with Crippen molar-refractivity contribution >= 4 is 21.5 Å². The van der Waals surface area contributed by atoms with Gasteiger partial charge in [-0.2, -0.15) is 0 Å². The fourth-order valence-electron chi connectivity index (χ4n) is 8.83. The van der Waals surface area contributed by atoms with Crippen molar-refractivity contribution in [2.45, 2.75) is 5.41 Å². The molecule has 0 saturated carbocycles. The van der Waals surface area contributed by atoms with Crippen LogP contribution in [0.15, 0.2) is 182 Å². The van der Waals surface area contributed by atoms with E-state index in [0.29, 0.717) is 0 Å². The Hall–Kier alpha value is -6.64. The maximum absolute atomic E-state index is 4.55. The molecule has 1 heterocycles. The Balaban J connectivity index is 1.05. The number of hydrogen-bond donors (Lipinski definition) is 0. The highest BCUT2D eigenvalue weighted by molar-refractivity contribution is 6.03. The molecule has 0 atom stereocenters. The first-order valence-electron chi connectivity index (χ1n) is 17.6. The first-order chi connectivity index (χ1) is 25.3. The smallest absolute Gasteiger partial charge is 0.0930 e. The van der Waals surface area contributed by atoms with Gasteiger partial charge in [0.25, 0.3) is 0 Å². The molecule has 0 unspecified atom stereocenters. The fraction of sp³-hybridized carbons (Fsp3) is 0.0204. The van der Waals surface area contributed by atoms with Gasteiger partial charge in [-0.1, -0.05) is 140 Å². The Kier molecular flexibility index (Phi) is 5.91. The Morgan fingerprint density at radius 2 is 0.745 bits per heavy atom. The second-order valence-electron chi connectivity index (χ2n) is 13.8. The Labute approximate surface area is 296 Å². The third kappa shape index (κ3) is 4.05. The molecule has 0 radical (unpaired) electrons. The third-order valence-electron chi connectivity index (χ3n) is 11.2. The fourth-order valence-corrected chi connectivity index (χ4v) is 8.83. The lowest BCUT2D eigenvalue weighted by Crippen LogP contribution is -2.25. The maximum atomic E-state index is 4.55. The van der Waals surface area contributed by atoms with Gasteiger partial charge in [-0.05, 0) is 120 Å². The molecule has 0 amide bonds. The zero-order valence-electron chi connectivity index (χ0n) is 27.7. The molecule has 1 aromatic heterocycles. The van der Waals surface area contributed by atoms with E-state index in [1.807, 2.05) is 24.3 Å². The zero-order valence-corrected chi connectivity index (χ0v) is 27.7. The van der Waals surface area contributed by atoms with E-state index in [-0.39, 0.29) is 5.41 Å². The van der Waals surface area contributed by atoms with E-state index < -0.39 is 0 Å². The van der Waals surface area contributed by atoms with Crippen molar-refractivity contribution in [3.8, 4) is 55.9 Å². The molecule has 2 nitrogen and oxygen atoms in total. The summed E-state index contributed by atoms with van der Waals surface area (Å²) in [4.78, 5) is 0. The van der Waals surface area contributed by atoms with Crippen molar-refractivity contribution in [1.82, 2.24) is 10.2 Å². The monoisotopic (exact) mass is 646 g/mol. The molecular weight excluding hydrogens is 617 g/mol. The molecule has 2 aliphatic rings. The molecule has 11 rings (SSSR count). The van der Waals surface area contributed by atoms with Gasteiger partial charge in [-0.3, -0.25) is 0 Å². The maximum Gasteiger partial charge on any atom is 0.0930 e. The highest BCUT2D eigenvalue weighted by Crippen LogP contribution is 2.63. The third-order valence-corrected chi connectivity index (χ3v) is 11.2. The normalized spacial score (nSPS) is 13.3. The summed E-state index contributed by atoms with van der Waals surface area (Å²) in [5, 5.41) is 14.1. The van der Waals surface area contributed by atoms with Crippen LogP contribution in [0.4, 0.5) is 0 Å². The van der Waals surface area contributed by atoms with Crippen molar-refractivity contribution < 1.29 is 0 Å². The summed E-state index contributed by atoms with van der Waals surface area (Å²) in [6.07, 6.45) is 0. The Morgan fingerprint density at radius 1 is 0.275 bits per heavy atom. The molecule has 0 saturated heterocycles. The molecule has 8 aromatic carbocycles. The minimum atomic E-state index is -0.384. The summed E-state index contributed by atoms with van der Waals surface area (Å²) in [7, 11) is 0. The number of hydrogen-bond acceptors (Lipinski definition) is 2. The Morgan fingerprint density at radius 3 is 1.37 bits per heavy atom. The van der Waals surface area contributed by atoms with E-state index in [1.165, 1.54) is 77.2 Å². The van der Waals surface area contributed by atoms with Crippen LogP contribution in [0.2, 0.25) is 0 Å². The molecule has 2 heteroatoms. The highest BCUT2D eigenvalue weighted by Gasteiger charge is 2.51. The van der Waals surface area contributed by atoms with Crippen LogP contribution in [0.1, 0.15) is 22.3 Å². The van der Waals surface area contributed by atoms with Crippen molar-refractivity contribution in [2.75, 3.05) is 0 Å². The van der Waals surface area contributed by atoms with Gasteiger partial charge in [0.2, 0.25) is 0 Å². The molecule has 236 valence electrons. The molecule has 51 heavy (non-hydrogen) atoms.